The molecule has 154 valence electrons. The fourth-order valence-electron chi connectivity index (χ4n) is 4.02. The van der Waals surface area contributed by atoms with Crippen LogP contribution in [0.25, 0.3) is 0 Å². The van der Waals surface area contributed by atoms with Crippen LogP contribution < -0.4 is 5.32 Å². The Morgan fingerprint density at radius 2 is 1.97 bits per heavy atom. The maximum Gasteiger partial charge on any atom is 0.227 e. The second-order valence-corrected chi connectivity index (χ2v) is 7.80. The molecule has 2 atom stereocenters. The van der Waals surface area contributed by atoms with Gasteiger partial charge in [-0.1, -0.05) is 6.07 Å². The second kappa shape index (κ2) is 7.93. The molecular weight excluding hydrogens is 378 g/mol. The van der Waals surface area contributed by atoms with Gasteiger partial charge in [-0.3, -0.25) is 14.3 Å². The number of aryl methyl sites for hydroxylation is 1. The molecule has 2 unspecified atom stereocenters. The van der Waals surface area contributed by atoms with Crippen molar-refractivity contribution in [2.45, 2.75) is 38.6 Å². The van der Waals surface area contributed by atoms with Gasteiger partial charge in [0.15, 0.2) is 11.6 Å². The monoisotopic (exact) mass is 402 g/mol. The maximum absolute atomic E-state index is 13.4. The highest BCUT2D eigenvalue weighted by atomic mass is 19.2. The van der Waals surface area contributed by atoms with Crippen molar-refractivity contribution < 1.29 is 18.4 Å². The van der Waals surface area contributed by atoms with Crippen LogP contribution in [0.2, 0.25) is 0 Å². The molecule has 2 aliphatic rings. The van der Waals surface area contributed by atoms with Crippen LogP contribution in [0.4, 0.5) is 14.5 Å². The van der Waals surface area contributed by atoms with E-state index in [4.69, 9.17) is 0 Å². The minimum absolute atomic E-state index is 0.0427. The first-order chi connectivity index (χ1) is 14.0. The SMILES string of the molecule is CCn1cc(NC(=O)C2CCN(C(=O)C3CC3c3ccc(F)c(F)c3)CC2)cn1. The molecule has 1 aliphatic carbocycles. The highest BCUT2D eigenvalue weighted by Gasteiger charge is 2.46. The van der Waals surface area contributed by atoms with Crippen LogP contribution in [-0.4, -0.2) is 39.6 Å². The first-order valence-corrected chi connectivity index (χ1v) is 10.0. The number of carbonyl (C=O) groups is 2. The molecule has 1 aromatic heterocycles. The van der Waals surface area contributed by atoms with Gasteiger partial charge in [-0.15, -0.1) is 0 Å². The van der Waals surface area contributed by atoms with Crippen molar-refractivity contribution in [2.24, 2.45) is 11.8 Å². The van der Waals surface area contributed by atoms with Crippen molar-refractivity contribution in [1.82, 2.24) is 14.7 Å². The normalized spacial score (nSPS) is 21.8. The van der Waals surface area contributed by atoms with Crippen LogP contribution >= 0.6 is 0 Å². The van der Waals surface area contributed by atoms with Crippen LogP contribution in [0.5, 0.6) is 0 Å². The Hall–Kier alpha value is -2.77. The van der Waals surface area contributed by atoms with Gasteiger partial charge in [-0.2, -0.15) is 5.10 Å². The molecule has 1 saturated carbocycles. The van der Waals surface area contributed by atoms with E-state index in [0.717, 1.165) is 12.6 Å². The van der Waals surface area contributed by atoms with Crippen LogP contribution in [0, 0.1) is 23.5 Å². The number of benzene rings is 1. The summed E-state index contributed by atoms with van der Waals surface area (Å²) in [5.74, 6) is -2.11. The van der Waals surface area contributed by atoms with E-state index in [1.54, 1.807) is 28.0 Å². The summed E-state index contributed by atoms with van der Waals surface area (Å²) in [6.07, 6.45) is 5.31. The number of amides is 2. The predicted molar refractivity (Wildman–Crippen MR) is 103 cm³/mol. The van der Waals surface area contributed by atoms with Crippen molar-refractivity contribution in [2.75, 3.05) is 18.4 Å². The summed E-state index contributed by atoms with van der Waals surface area (Å²) in [5.41, 5.74) is 1.35. The molecule has 0 spiro atoms. The van der Waals surface area contributed by atoms with Crippen molar-refractivity contribution >= 4 is 17.5 Å². The summed E-state index contributed by atoms with van der Waals surface area (Å²) in [5, 5.41) is 7.03. The van der Waals surface area contributed by atoms with Gasteiger partial charge in [-0.25, -0.2) is 8.78 Å². The Morgan fingerprint density at radius 3 is 2.62 bits per heavy atom. The van der Waals surface area contributed by atoms with E-state index >= 15 is 0 Å². The van der Waals surface area contributed by atoms with E-state index in [1.165, 1.54) is 6.07 Å². The maximum atomic E-state index is 13.4. The Bertz CT molecular complexity index is 921. The van der Waals surface area contributed by atoms with Gasteiger partial charge in [0, 0.05) is 37.7 Å². The van der Waals surface area contributed by atoms with E-state index in [-0.39, 0.29) is 29.6 Å². The number of halogens is 2. The molecule has 2 aromatic rings. The highest BCUT2D eigenvalue weighted by molar-refractivity contribution is 5.92. The van der Waals surface area contributed by atoms with Gasteiger partial charge in [-0.05, 0) is 49.8 Å². The van der Waals surface area contributed by atoms with Crippen LogP contribution in [0.15, 0.2) is 30.6 Å². The van der Waals surface area contributed by atoms with Gasteiger partial charge in [0.1, 0.15) is 0 Å². The fourth-order valence-corrected chi connectivity index (χ4v) is 4.02. The predicted octanol–water partition coefficient (Wildman–Crippen LogP) is 3.16. The zero-order chi connectivity index (χ0) is 20.5. The number of piperidine rings is 1. The molecule has 6 nitrogen and oxygen atoms in total. The number of rotatable bonds is 5. The molecule has 4 rings (SSSR count). The number of nitrogens with one attached hydrogen (secondary N) is 1. The summed E-state index contributed by atoms with van der Waals surface area (Å²) in [6.45, 7) is 3.78. The lowest BCUT2D eigenvalue weighted by atomic mass is 9.95. The molecule has 1 saturated heterocycles. The molecule has 0 radical (unpaired) electrons. The molecule has 29 heavy (non-hydrogen) atoms. The number of likely N-dealkylation sites (tertiary alicyclic amines) is 1. The summed E-state index contributed by atoms with van der Waals surface area (Å²) in [7, 11) is 0. The van der Waals surface area contributed by atoms with E-state index in [9.17, 15) is 18.4 Å². The van der Waals surface area contributed by atoms with Gasteiger partial charge >= 0.3 is 0 Å². The lowest BCUT2D eigenvalue weighted by molar-refractivity contribution is -0.135. The quantitative estimate of drug-likeness (QED) is 0.836. The number of anilines is 1. The third-order valence-corrected chi connectivity index (χ3v) is 5.88. The Balaban J connectivity index is 1.27. The molecule has 2 amide bonds. The lowest BCUT2D eigenvalue weighted by Gasteiger charge is -2.31. The summed E-state index contributed by atoms with van der Waals surface area (Å²) in [6, 6.07) is 3.84. The molecule has 2 heterocycles. The Kier molecular flexibility index (Phi) is 5.34. The largest absolute Gasteiger partial charge is 0.342 e. The fraction of sp³-hybridized carbons (Fsp3) is 0.476. The minimum atomic E-state index is -0.878. The van der Waals surface area contributed by atoms with Crippen molar-refractivity contribution in [3.05, 3.63) is 47.8 Å². The average Bonchev–Trinajstić information content (AvgIpc) is 3.41. The van der Waals surface area contributed by atoms with Crippen LogP contribution in [-0.2, 0) is 16.1 Å². The highest BCUT2D eigenvalue weighted by Crippen LogP contribution is 2.49. The van der Waals surface area contributed by atoms with E-state index < -0.39 is 11.6 Å². The molecule has 1 aromatic carbocycles. The zero-order valence-corrected chi connectivity index (χ0v) is 16.3. The summed E-state index contributed by atoms with van der Waals surface area (Å²) in [4.78, 5) is 27.0. The van der Waals surface area contributed by atoms with Gasteiger partial charge < -0.3 is 10.2 Å². The topological polar surface area (TPSA) is 67.2 Å². The first-order valence-electron chi connectivity index (χ1n) is 10.0. The number of aromatic nitrogens is 2. The Morgan fingerprint density at radius 1 is 1.21 bits per heavy atom. The third kappa shape index (κ3) is 4.16. The molecule has 1 aliphatic heterocycles. The summed E-state index contributed by atoms with van der Waals surface area (Å²) >= 11 is 0. The van der Waals surface area contributed by atoms with Crippen LogP contribution in [0.1, 0.15) is 37.7 Å². The smallest absolute Gasteiger partial charge is 0.227 e. The average molecular weight is 402 g/mol. The van der Waals surface area contributed by atoms with Crippen molar-refractivity contribution in [1.29, 1.82) is 0 Å². The number of nitrogens with zero attached hydrogens (tertiary/aromatic N) is 3. The third-order valence-electron chi connectivity index (χ3n) is 5.88. The van der Waals surface area contributed by atoms with Crippen LogP contribution in [0.3, 0.4) is 0 Å². The van der Waals surface area contributed by atoms with E-state index in [2.05, 4.69) is 10.4 Å². The molecule has 8 heteroatoms. The van der Waals surface area contributed by atoms with Crippen molar-refractivity contribution in [3.63, 3.8) is 0 Å². The second-order valence-electron chi connectivity index (χ2n) is 7.80. The number of hydrogen-bond donors (Lipinski definition) is 1. The molecule has 2 fully saturated rings. The van der Waals surface area contributed by atoms with Gasteiger partial charge in [0.2, 0.25) is 11.8 Å². The standard InChI is InChI=1S/C21H24F2N4O2/c1-2-27-12-15(11-24-27)25-20(28)13-5-7-26(8-6-13)21(29)17-10-16(17)14-3-4-18(22)19(23)9-14/h3-4,9,11-13,16-17H,2,5-8,10H2,1H3,(H,25,28). The van der Waals surface area contributed by atoms with E-state index in [1.807, 2.05) is 6.92 Å². The first kappa shape index (κ1) is 19.5. The summed E-state index contributed by atoms with van der Waals surface area (Å²) < 4.78 is 28.3. The molecular formula is C21H24F2N4O2. The van der Waals surface area contributed by atoms with Crippen molar-refractivity contribution in [3.8, 4) is 0 Å². The van der Waals surface area contributed by atoms with Gasteiger partial charge in [0.05, 0.1) is 11.9 Å². The number of carbonyl (C=O) groups excluding carboxylic acids is 2. The van der Waals surface area contributed by atoms with E-state index in [0.29, 0.717) is 43.6 Å². The molecule has 0 bridgehead atoms. The number of hydrogen-bond acceptors (Lipinski definition) is 3. The zero-order valence-electron chi connectivity index (χ0n) is 16.3. The minimum Gasteiger partial charge on any atom is -0.342 e. The molecule has 1 N–H and O–H groups in total. The lowest BCUT2D eigenvalue weighted by Crippen LogP contribution is -2.42. The Labute approximate surface area is 167 Å². The van der Waals surface area contributed by atoms with Gasteiger partial charge in [0.25, 0.3) is 0 Å².